The fraction of sp³-hybridized carbons (Fsp3) is 0.444. The molecule has 1 aromatic carbocycles. The number of aliphatic hydroxyl groups excluding tert-OH is 1. The summed E-state index contributed by atoms with van der Waals surface area (Å²) >= 11 is 3.44. The highest BCUT2D eigenvalue weighted by molar-refractivity contribution is 9.10. The van der Waals surface area contributed by atoms with E-state index in [1.807, 2.05) is 0 Å². The van der Waals surface area contributed by atoms with Crippen LogP contribution >= 0.6 is 15.9 Å². The van der Waals surface area contributed by atoms with Crippen LogP contribution in [0.1, 0.15) is 24.8 Å². The fourth-order valence-electron chi connectivity index (χ4n) is 2.86. The first-order valence-electron chi connectivity index (χ1n) is 8.70. The summed E-state index contributed by atoms with van der Waals surface area (Å²) in [5, 5.41) is 15.3. The Bertz CT molecular complexity index is 674. The van der Waals surface area contributed by atoms with Gasteiger partial charge in [0, 0.05) is 31.6 Å². The molecule has 0 unspecified atom stereocenters. The number of halogens is 1. The van der Waals surface area contributed by atoms with Crippen molar-refractivity contribution < 1.29 is 5.11 Å². The molecule has 0 atom stereocenters. The number of benzene rings is 1. The third-order valence-corrected chi connectivity index (χ3v) is 4.77. The van der Waals surface area contributed by atoms with Crippen molar-refractivity contribution in [2.45, 2.75) is 25.8 Å². The monoisotopic (exact) mass is 405 g/mol. The predicted molar refractivity (Wildman–Crippen MR) is 104 cm³/mol. The van der Waals surface area contributed by atoms with Crippen LogP contribution in [-0.2, 0) is 6.54 Å². The Morgan fingerprint density at radius 1 is 1.16 bits per heavy atom. The van der Waals surface area contributed by atoms with Gasteiger partial charge in [0.05, 0.1) is 4.47 Å². The van der Waals surface area contributed by atoms with E-state index >= 15 is 0 Å². The zero-order chi connectivity index (χ0) is 17.5. The minimum atomic E-state index is 0.157. The molecule has 1 fully saturated rings. The summed E-state index contributed by atoms with van der Waals surface area (Å²) in [4.78, 5) is 11.3. The molecular formula is C18H24BrN5O. The summed E-state index contributed by atoms with van der Waals surface area (Å²) in [5.74, 6) is 1.26. The van der Waals surface area contributed by atoms with E-state index in [9.17, 15) is 0 Å². The van der Waals surface area contributed by atoms with Crippen molar-refractivity contribution in [3.63, 3.8) is 0 Å². The molecule has 0 saturated carbocycles. The van der Waals surface area contributed by atoms with Crippen molar-refractivity contribution in [1.82, 2.24) is 14.9 Å². The normalized spacial score (nSPS) is 14.6. The van der Waals surface area contributed by atoms with Gasteiger partial charge in [0.2, 0.25) is 5.95 Å². The van der Waals surface area contributed by atoms with Crippen LogP contribution in [0.15, 0.2) is 34.9 Å². The minimum absolute atomic E-state index is 0.157. The summed E-state index contributed by atoms with van der Waals surface area (Å²) in [7, 11) is 0. The molecule has 2 aromatic rings. The predicted octanol–water partition coefficient (Wildman–Crippen LogP) is 3.37. The van der Waals surface area contributed by atoms with Gasteiger partial charge in [-0.1, -0.05) is 12.1 Å². The van der Waals surface area contributed by atoms with E-state index < -0.39 is 0 Å². The maximum Gasteiger partial charge on any atom is 0.229 e. The van der Waals surface area contributed by atoms with Gasteiger partial charge in [-0.15, -0.1) is 0 Å². The molecule has 3 rings (SSSR count). The number of anilines is 3. The molecule has 1 aliphatic rings. The van der Waals surface area contributed by atoms with Crippen molar-refractivity contribution in [3.8, 4) is 0 Å². The molecule has 1 saturated heterocycles. The summed E-state index contributed by atoms with van der Waals surface area (Å²) in [6.07, 6.45) is 5.03. The van der Waals surface area contributed by atoms with Crippen LogP contribution in [0.4, 0.5) is 17.5 Å². The lowest BCUT2D eigenvalue weighted by atomic mass is 10.2. The molecule has 0 spiro atoms. The highest BCUT2D eigenvalue weighted by Gasteiger charge is 2.11. The molecule has 0 aliphatic carbocycles. The third kappa shape index (κ3) is 5.39. The van der Waals surface area contributed by atoms with Crippen molar-refractivity contribution in [2.24, 2.45) is 0 Å². The van der Waals surface area contributed by atoms with E-state index in [-0.39, 0.29) is 6.61 Å². The second-order valence-corrected chi connectivity index (χ2v) is 7.05. The van der Waals surface area contributed by atoms with Crippen molar-refractivity contribution >= 4 is 33.4 Å². The van der Waals surface area contributed by atoms with E-state index in [0.717, 1.165) is 22.5 Å². The lowest BCUT2D eigenvalue weighted by molar-refractivity contribution is 0.292. The Kier molecular flexibility index (Phi) is 6.61. The Labute approximate surface area is 156 Å². The van der Waals surface area contributed by atoms with Gasteiger partial charge in [-0.3, -0.25) is 4.90 Å². The maximum atomic E-state index is 8.88. The van der Waals surface area contributed by atoms with Gasteiger partial charge in [-0.25, -0.2) is 4.98 Å². The second kappa shape index (κ2) is 9.12. The summed E-state index contributed by atoms with van der Waals surface area (Å²) in [5.41, 5.74) is 2.30. The average molecular weight is 406 g/mol. The molecule has 0 radical (unpaired) electrons. The zero-order valence-corrected chi connectivity index (χ0v) is 15.8. The first-order chi connectivity index (χ1) is 12.2. The molecule has 1 aromatic heterocycles. The van der Waals surface area contributed by atoms with Gasteiger partial charge in [-0.05, 0) is 66.0 Å². The van der Waals surface area contributed by atoms with Crippen molar-refractivity contribution in [1.29, 1.82) is 0 Å². The second-order valence-electron chi connectivity index (χ2n) is 6.20. The smallest absolute Gasteiger partial charge is 0.229 e. The number of aliphatic hydroxyl groups is 1. The molecule has 2 heterocycles. The van der Waals surface area contributed by atoms with Gasteiger partial charge in [-0.2, -0.15) is 4.98 Å². The van der Waals surface area contributed by atoms with E-state index in [0.29, 0.717) is 18.9 Å². The first kappa shape index (κ1) is 18.1. The number of likely N-dealkylation sites (tertiary alicyclic amines) is 1. The van der Waals surface area contributed by atoms with Crippen LogP contribution in [0.25, 0.3) is 0 Å². The molecule has 134 valence electrons. The summed E-state index contributed by atoms with van der Waals surface area (Å²) < 4.78 is 0.803. The lowest BCUT2D eigenvalue weighted by Crippen LogP contribution is -2.18. The van der Waals surface area contributed by atoms with Crippen LogP contribution < -0.4 is 10.6 Å². The first-order valence-corrected chi connectivity index (χ1v) is 9.49. The molecule has 7 heteroatoms. The topological polar surface area (TPSA) is 73.3 Å². The number of hydrogen-bond acceptors (Lipinski definition) is 6. The van der Waals surface area contributed by atoms with Crippen LogP contribution in [0.3, 0.4) is 0 Å². The quantitative estimate of drug-likeness (QED) is 0.584. The van der Waals surface area contributed by atoms with Gasteiger partial charge < -0.3 is 15.7 Å². The van der Waals surface area contributed by atoms with Crippen LogP contribution in [0.2, 0.25) is 0 Å². The lowest BCUT2D eigenvalue weighted by Gasteiger charge is -2.15. The Hall–Kier alpha value is -1.70. The maximum absolute atomic E-state index is 8.88. The number of hydrogen-bond donors (Lipinski definition) is 3. The van der Waals surface area contributed by atoms with Gasteiger partial charge in [0.1, 0.15) is 5.82 Å². The number of nitrogens with one attached hydrogen (secondary N) is 2. The summed E-state index contributed by atoms with van der Waals surface area (Å²) in [6, 6.07) is 8.44. The highest BCUT2D eigenvalue weighted by atomic mass is 79.9. The fourth-order valence-corrected chi connectivity index (χ4v) is 3.19. The largest absolute Gasteiger partial charge is 0.396 e. The van der Waals surface area contributed by atoms with E-state index in [1.165, 1.54) is 31.5 Å². The van der Waals surface area contributed by atoms with Gasteiger partial charge in [0.25, 0.3) is 0 Å². The highest BCUT2D eigenvalue weighted by Crippen LogP contribution is 2.22. The molecule has 0 bridgehead atoms. The zero-order valence-electron chi connectivity index (χ0n) is 14.2. The standard InChI is InChI=1S/C18H24BrN5O/c19-16-12-21-18(23-17(16)20-8-3-11-25)22-15-6-4-14(5-7-15)13-24-9-1-2-10-24/h4-7,12,25H,1-3,8-11,13H2,(H2,20,21,22,23). The Morgan fingerprint density at radius 2 is 1.92 bits per heavy atom. The van der Waals surface area contributed by atoms with E-state index in [4.69, 9.17) is 5.11 Å². The van der Waals surface area contributed by atoms with Crippen LogP contribution in [-0.4, -0.2) is 46.2 Å². The van der Waals surface area contributed by atoms with Gasteiger partial charge >= 0.3 is 0 Å². The molecule has 3 N–H and O–H groups in total. The Balaban J connectivity index is 1.60. The van der Waals surface area contributed by atoms with Crippen LogP contribution in [0, 0.1) is 0 Å². The number of rotatable bonds is 8. The number of nitrogens with zero attached hydrogens (tertiary/aromatic N) is 3. The van der Waals surface area contributed by atoms with Crippen LogP contribution in [0.5, 0.6) is 0 Å². The van der Waals surface area contributed by atoms with Gasteiger partial charge in [0.15, 0.2) is 0 Å². The van der Waals surface area contributed by atoms with Crippen molar-refractivity contribution in [2.75, 3.05) is 36.9 Å². The number of aromatic nitrogens is 2. The third-order valence-electron chi connectivity index (χ3n) is 4.19. The van der Waals surface area contributed by atoms with E-state index in [1.54, 1.807) is 6.20 Å². The molecule has 0 amide bonds. The SMILES string of the molecule is OCCCNc1nc(Nc2ccc(CN3CCCC3)cc2)ncc1Br. The van der Waals surface area contributed by atoms with E-state index in [2.05, 4.69) is 65.7 Å². The minimum Gasteiger partial charge on any atom is -0.396 e. The average Bonchev–Trinajstić information content (AvgIpc) is 3.13. The summed E-state index contributed by atoms with van der Waals surface area (Å²) in [6.45, 7) is 4.26. The molecule has 1 aliphatic heterocycles. The molecular weight excluding hydrogens is 382 g/mol. The molecule has 6 nitrogen and oxygen atoms in total. The Morgan fingerprint density at radius 3 is 2.64 bits per heavy atom. The molecule has 25 heavy (non-hydrogen) atoms. The van der Waals surface area contributed by atoms with Crippen molar-refractivity contribution in [3.05, 3.63) is 40.5 Å².